The summed E-state index contributed by atoms with van der Waals surface area (Å²) in [5.74, 6) is 0.583. The molecule has 0 aliphatic carbocycles. The molecule has 6 nitrogen and oxygen atoms in total. The van der Waals surface area contributed by atoms with Gasteiger partial charge in [-0.25, -0.2) is 4.98 Å². The maximum atomic E-state index is 13.1. The molecule has 2 amide bonds. The molecule has 172 valence electrons. The molecule has 1 aliphatic rings. The summed E-state index contributed by atoms with van der Waals surface area (Å²) in [4.78, 5) is 31.7. The van der Waals surface area contributed by atoms with Crippen LogP contribution in [0.1, 0.15) is 43.5 Å². The quantitative estimate of drug-likeness (QED) is 0.518. The Morgan fingerprint density at radius 2 is 1.91 bits per heavy atom. The lowest BCUT2D eigenvalue weighted by Gasteiger charge is -2.30. The van der Waals surface area contributed by atoms with Crippen molar-refractivity contribution in [3.8, 4) is 11.3 Å². The number of nitrogens with one attached hydrogen (secondary N) is 2. The summed E-state index contributed by atoms with van der Waals surface area (Å²) in [5.41, 5.74) is 3.77. The van der Waals surface area contributed by atoms with Gasteiger partial charge in [-0.05, 0) is 62.5 Å². The Bertz CT molecular complexity index is 1130. The van der Waals surface area contributed by atoms with Crippen molar-refractivity contribution in [2.45, 2.75) is 33.1 Å². The van der Waals surface area contributed by atoms with Crippen LogP contribution in [0, 0.1) is 5.92 Å². The number of rotatable bonds is 7. The highest BCUT2D eigenvalue weighted by Crippen LogP contribution is 2.26. The van der Waals surface area contributed by atoms with Gasteiger partial charge in [0.25, 0.3) is 5.91 Å². The Morgan fingerprint density at radius 3 is 2.67 bits per heavy atom. The second-order valence-corrected chi connectivity index (χ2v) is 8.99. The van der Waals surface area contributed by atoms with Crippen molar-refractivity contribution in [3.05, 3.63) is 60.2 Å². The number of amides is 2. The summed E-state index contributed by atoms with van der Waals surface area (Å²) in [6, 6.07) is 17.1. The SMILES string of the molecule is CC(=O)Nc1ccc(-c2cc(C(=O)NCCCN3CCC[C@H](C)C3)c3ccccc3n2)cc1. The van der Waals surface area contributed by atoms with Gasteiger partial charge in [-0.15, -0.1) is 0 Å². The molecule has 1 atom stereocenters. The molecule has 33 heavy (non-hydrogen) atoms. The van der Waals surface area contributed by atoms with Gasteiger partial charge >= 0.3 is 0 Å². The third-order valence-corrected chi connectivity index (χ3v) is 6.14. The Morgan fingerprint density at radius 1 is 1.12 bits per heavy atom. The van der Waals surface area contributed by atoms with Gasteiger partial charge in [0.2, 0.25) is 5.91 Å². The number of hydrogen-bond donors (Lipinski definition) is 2. The molecule has 2 heterocycles. The first-order chi connectivity index (χ1) is 16.0. The second-order valence-electron chi connectivity index (χ2n) is 8.99. The van der Waals surface area contributed by atoms with Crippen LogP contribution >= 0.6 is 0 Å². The van der Waals surface area contributed by atoms with E-state index in [4.69, 9.17) is 4.98 Å². The number of hydrogen-bond acceptors (Lipinski definition) is 4. The lowest BCUT2D eigenvalue weighted by molar-refractivity contribution is -0.114. The molecule has 2 aromatic carbocycles. The van der Waals surface area contributed by atoms with Crippen LogP contribution in [-0.2, 0) is 4.79 Å². The highest BCUT2D eigenvalue weighted by Gasteiger charge is 2.17. The van der Waals surface area contributed by atoms with E-state index < -0.39 is 0 Å². The van der Waals surface area contributed by atoms with Crippen LogP contribution in [0.15, 0.2) is 54.6 Å². The topological polar surface area (TPSA) is 74.3 Å². The molecule has 1 aromatic heterocycles. The fourth-order valence-electron chi connectivity index (χ4n) is 4.53. The van der Waals surface area contributed by atoms with Crippen LogP contribution in [0.5, 0.6) is 0 Å². The van der Waals surface area contributed by atoms with E-state index in [2.05, 4.69) is 22.5 Å². The summed E-state index contributed by atoms with van der Waals surface area (Å²) in [6.07, 6.45) is 3.53. The van der Waals surface area contributed by atoms with E-state index >= 15 is 0 Å². The van der Waals surface area contributed by atoms with E-state index in [1.165, 1.54) is 19.8 Å². The van der Waals surface area contributed by atoms with Crippen LogP contribution in [0.3, 0.4) is 0 Å². The van der Waals surface area contributed by atoms with Gasteiger partial charge in [-0.2, -0.15) is 0 Å². The van der Waals surface area contributed by atoms with Crippen LogP contribution < -0.4 is 10.6 Å². The standard InChI is InChI=1S/C27H32N4O2/c1-19-7-5-15-31(18-19)16-6-14-28-27(33)24-17-26(30-25-9-4-3-8-23(24)25)21-10-12-22(13-11-21)29-20(2)32/h3-4,8-13,17,19H,5-7,14-16,18H2,1-2H3,(H,28,33)(H,29,32)/t19-/m0/s1. The summed E-state index contributed by atoms with van der Waals surface area (Å²) >= 11 is 0. The highest BCUT2D eigenvalue weighted by atomic mass is 16.2. The predicted octanol–water partition coefficient (Wildman–Crippen LogP) is 4.71. The molecule has 1 aliphatic heterocycles. The minimum atomic E-state index is -0.111. The third kappa shape index (κ3) is 5.96. The largest absolute Gasteiger partial charge is 0.352 e. The Hall–Kier alpha value is -3.25. The van der Waals surface area contributed by atoms with E-state index in [0.29, 0.717) is 12.1 Å². The number of anilines is 1. The number of aromatic nitrogens is 1. The first-order valence-electron chi connectivity index (χ1n) is 11.8. The predicted molar refractivity (Wildman–Crippen MR) is 133 cm³/mol. The van der Waals surface area contributed by atoms with Gasteiger partial charge in [-0.3, -0.25) is 9.59 Å². The number of carbonyl (C=O) groups excluding carboxylic acids is 2. The minimum absolute atomic E-state index is 0.0725. The summed E-state index contributed by atoms with van der Waals surface area (Å²) < 4.78 is 0. The third-order valence-electron chi connectivity index (χ3n) is 6.14. The number of para-hydroxylation sites is 1. The van der Waals surface area contributed by atoms with Crippen molar-refractivity contribution < 1.29 is 9.59 Å². The fourth-order valence-corrected chi connectivity index (χ4v) is 4.53. The molecule has 1 saturated heterocycles. The van der Waals surface area contributed by atoms with E-state index in [-0.39, 0.29) is 11.8 Å². The molecule has 0 bridgehead atoms. The van der Waals surface area contributed by atoms with Gasteiger partial charge in [0.15, 0.2) is 0 Å². The summed E-state index contributed by atoms with van der Waals surface area (Å²) in [7, 11) is 0. The summed E-state index contributed by atoms with van der Waals surface area (Å²) in [6.45, 7) is 7.79. The molecule has 3 aromatic rings. The smallest absolute Gasteiger partial charge is 0.252 e. The summed E-state index contributed by atoms with van der Waals surface area (Å²) in [5, 5.41) is 6.73. The number of piperidine rings is 1. The van der Waals surface area contributed by atoms with Crippen LogP contribution in [0.2, 0.25) is 0 Å². The van der Waals surface area contributed by atoms with Crippen LogP contribution in [-0.4, -0.2) is 47.9 Å². The Labute approximate surface area is 195 Å². The monoisotopic (exact) mass is 444 g/mol. The molecule has 6 heteroatoms. The van der Waals surface area contributed by atoms with Crippen molar-refractivity contribution in [1.82, 2.24) is 15.2 Å². The molecule has 4 rings (SSSR count). The molecular formula is C27H32N4O2. The number of likely N-dealkylation sites (tertiary alicyclic amines) is 1. The number of pyridine rings is 1. The van der Waals surface area contributed by atoms with Crippen molar-refractivity contribution in [2.24, 2.45) is 5.92 Å². The zero-order valence-corrected chi connectivity index (χ0v) is 19.4. The second kappa shape index (κ2) is 10.6. The number of fused-ring (bicyclic) bond motifs is 1. The molecule has 0 unspecified atom stereocenters. The van der Waals surface area contributed by atoms with Crippen molar-refractivity contribution in [2.75, 3.05) is 31.5 Å². The highest BCUT2D eigenvalue weighted by molar-refractivity contribution is 6.07. The van der Waals surface area contributed by atoms with Crippen LogP contribution in [0.25, 0.3) is 22.2 Å². The maximum absolute atomic E-state index is 13.1. The molecule has 0 saturated carbocycles. The average molecular weight is 445 g/mol. The molecular weight excluding hydrogens is 412 g/mol. The number of benzene rings is 2. The van der Waals surface area contributed by atoms with Gasteiger partial charge in [0.1, 0.15) is 0 Å². The molecule has 1 fully saturated rings. The van der Waals surface area contributed by atoms with Crippen LogP contribution in [0.4, 0.5) is 5.69 Å². The first-order valence-corrected chi connectivity index (χ1v) is 11.8. The molecule has 0 spiro atoms. The first kappa shape index (κ1) is 22.9. The maximum Gasteiger partial charge on any atom is 0.252 e. The van der Waals surface area contributed by atoms with Crippen molar-refractivity contribution in [3.63, 3.8) is 0 Å². The van der Waals surface area contributed by atoms with E-state index in [0.717, 1.165) is 59.8 Å². The normalized spacial score (nSPS) is 16.5. The van der Waals surface area contributed by atoms with E-state index in [9.17, 15) is 9.59 Å². The number of nitrogens with zero attached hydrogens (tertiary/aromatic N) is 2. The van der Waals surface area contributed by atoms with E-state index in [1.807, 2.05) is 54.6 Å². The van der Waals surface area contributed by atoms with Crippen molar-refractivity contribution >= 4 is 28.4 Å². The number of carbonyl (C=O) groups is 2. The molecule has 0 radical (unpaired) electrons. The van der Waals surface area contributed by atoms with Gasteiger partial charge in [0.05, 0.1) is 16.8 Å². The minimum Gasteiger partial charge on any atom is -0.352 e. The van der Waals surface area contributed by atoms with Gasteiger partial charge in [0, 0.05) is 36.7 Å². The average Bonchev–Trinajstić information content (AvgIpc) is 2.81. The Balaban J connectivity index is 1.48. The van der Waals surface area contributed by atoms with Gasteiger partial charge in [-0.1, -0.05) is 37.3 Å². The lowest BCUT2D eigenvalue weighted by Crippen LogP contribution is -2.36. The zero-order chi connectivity index (χ0) is 23.2. The lowest BCUT2D eigenvalue weighted by atomic mass is 10.0. The molecule has 2 N–H and O–H groups in total. The van der Waals surface area contributed by atoms with Crippen molar-refractivity contribution in [1.29, 1.82) is 0 Å². The van der Waals surface area contributed by atoms with E-state index in [1.54, 1.807) is 0 Å². The Kier molecular flexibility index (Phi) is 7.35. The van der Waals surface area contributed by atoms with Gasteiger partial charge < -0.3 is 15.5 Å². The fraction of sp³-hybridized carbons (Fsp3) is 0.370. The zero-order valence-electron chi connectivity index (χ0n) is 19.4.